The lowest BCUT2D eigenvalue weighted by Gasteiger charge is -2.22. The van der Waals surface area contributed by atoms with E-state index < -0.39 is 17.9 Å². The molecule has 1 unspecified atom stereocenters. The van der Waals surface area contributed by atoms with Crippen LogP contribution in [0, 0.1) is 0 Å². The molecule has 0 aliphatic heterocycles. The predicted molar refractivity (Wildman–Crippen MR) is 103 cm³/mol. The molecular formula is C21H22O7. The Morgan fingerprint density at radius 3 is 2.25 bits per heavy atom. The van der Waals surface area contributed by atoms with Gasteiger partial charge in [0.2, 0.25) is 0 Å². The second-order valence-corrected chi connectivity index (χ2v) is 5.87. The molecule has 2 N–H and O–H groups in total. The minimum atomic E-state index is -1.13. The van der Waals surface area contributed by atoms with Crippen molar-refractivity contribution in [2.45, 2.75) is 12.3 Å². The summed E-state index contributed by atoms with van der Waals surface area (Å²) in [6.45, 7) is 0. The molecule has 0 aliphatic rings. The van der Waals surface area contributed by atoms with Crippen molar-refractivity contribution in [1.29, 1.82) is 0 Å². The summed E-state index contributed by atoms with van der Waals surface area (Å²) >= 11 is 0. The maximum atomic E-state index is 11.9. The Kier molecular flexibility index (Phi) is 7.03. The minimum absolute atomic E-state index is 0.0246. The molecule has 0 saturated heterocycles. The molecule has 2 aromatic rings. The van der Waals surface area contributed by atoms with Gasteiger partial charge in [0, 0.05) is 23.6 Å². The lowest BCUT2D eigenvalue weighted by molar-refractivity contribution is -0.131. The first-order chi connectivity index (χ1) is 13.4. The molecule has 0 aromatic heterocycles. The highest BCUT2D eigenvalue weighted by Crippen LogP contribution is 2.40. The molecule has 7 nitrogen and oxygen atoms in total. The highest BCUT2D eigenvalue weighted by Gasteiger charge is 2.26. The van der Waals surface area contributed by atoms with Crippen LogP contribution in [0.15, 0.2) is 48.6 Å². The van der Waals surface area contributed by atoms with E-state index in [1.807, 2.05) is 0 Å². The summed E-state index contributed by atoms with van der Waals surface area (Å²) in [6, 6.07) is 10.2. The van der Waals surface area contributed by atoms with E-state index in [2.05, 4.69) is 0 Å². The fraction of sp³-hybridized carbons (Fsp3) is 0.238. The smallest absolute Gasteiger partial charge is 0.339 e. The molecule has 7 heteroatoms. The van der Waals surface area contributed by atoms with Crippen molar-refractivity contribution < 1.29 is 34.0 Å². The van der Waals surface area contributed by atoms with Gasteiger partial charge in [-0.05, 0) is 24.1 Å². The van der Waals surface area contributed by atoms with E-state index in [1.165, 1.54) is 27.4 Å². The Morgan fingerprint density at radius 2 is 1.68 bits per heavy atom. The molecule has 0 aliphatic carbocycles. The van der Waals surface area contributed by atoms with Gasteiger partial charge in [-0.15, -0.1) is 0 Å². The maximum absolute atomic E-state index is 11.9. The van der Waals surface area contributed by atoms with Crippen molar-refractivity contribution in [2.24, 2.45) is 0 Å². The third-order valence-electron chi connectivity index (χ3n) is 4.32. The van der Waals surface area contributed by atoms with E-state index in [1.54, 1.807) is 36.4 Å². The van der Waals surface area contributed by atoms with E-state index in [9.17, 15) is 14.7 Å². The fourth-order valence-corrected chi connectivity index (χ4v) is 3.07. The summed E-state index contributed by atoms with van der Waals surface area (Å²) in [5.74, 6) is -1.37. The van der Waals surface area contributed by atoms with Crippen LogP contribution < -0.4 is 14.2 Å². The summed E-state index contributed by atoms with van der Waals surface area (Å²) in [7, 11) is 4.44. The summed E-state index contributed by atoms with van der Waals surface area (Å²) in [5, 5.41) is 18.7. The minimum Gasteiger partial charge on any atom is -0.497 e. The Morgan fingerprint density at radius 1 is 0.964 bits per heavy atom. The van der Waals surface area contributed by atoms with Gasteiger partial charge in [-0.25, -0.2) is 9.59 Å². The number of carboxylic acids is 2. The van der Waals surface area contributed by atoms with Crippen LogP contribution in [0.2, 0.25) is 0 Å². The highest BCUT2D eigenvalue weighted by atomic mass is 16.5. The lowest BCUT2D eigenvalue weighted by Crippen LogP contribution is -2.11. The number of aliphatic carboxylic acids is 1. The molecule has 0 fully saturated rings. The number of hydrogen-bond donors (Lipinski definition) is 2. The lowest BCUT2D eigenvalue weighted by atomic mass is 9.84. The molecule has 0 saturated carbocycles. The number of rotatable bonds is 9. The zero-order valence-electron chi connectivity index (χ0n) is 15.8. The molecule has 2 rings (SSSR count). The van der Waals surface area contributed by atoms with E-state index in [0.29, 0.717) is 22.6 Å². The van der Waals surface area contributed by atoms with Gasteiger partial charge in [0.25, 0.3) is 0 Å². The molecule has 0 radical (unpaired) electrons. The molecule has 28 heavy (non-hydrogen) atoms. The molecule has 0 bridgehead atoms. The van der Waals surface area contributed by atoms with E-state index in [0.717, 1.165) is 6.08 Å². The first-order valence-electron chi connectivity index (χ1n) is 8.44. The van der Waals surface area contributed by atoms with Crippen molar-refractivity contribution >= 4 is 11.9 Å². The van der Waals surface area contributed by atoms with E-state index in [-0.39, 0.29) is 17.7 Å². The second kappa shape index (κ2) is 9.45. The van der Waals surface area contributed by atoms with Crippen LogP contribution in [0.5, 0.6) is 17.2 Å². The summed E-state index contributed by atoms with van der Waals surface area (Å²) in [5.41, 5.74) is 1.22. The molecular weight excluding hydrogens is 364 g/mol. The van der Waals surface area contributed by atoms with Gasteiger partial charge in [0.1, 0.15) is 22.8 Å². The van der Waals surface area contributed by atoms with Crippen LogP contribution in [-0.4, -0.2) is 43.5 Å². The van der Waals surface area contributed by atoms with Crippen LogP contribution in [0.4, 0.5) is 0 Å². The average molecular weight is 386 g/mol. The third kappa shape index (κ3) is 4.62. The number of carbonyl (C=O) groups is 2. The van der Waals surface area contributed by atoms with Crippen molar-refractivity contribution in [3.63, 3.8) is 0 Å². The summed E-state index contributed by atoms with van der Waals surface area (Å²) in [6.07, 6.45) is 2.77. The van der Waals surface area contributed by atoms with E-state index in [4.69, 9.17) is 19.3 Å². The van der Waals surface area contributed by atoms with Crippen LogP contribution >= 0.6 is 0 Å². The van der Waals surface area contributed by atoms with Crippen LogP contribution in [0.3, 0.4) is 0 Å². The predicted octanol–water partition coefficient (Wildman–Crippen LogP) is 3.57. The summed E-state index contributed by atoms with van der Waals surface area (Å²) < 4.78 is 15.9. The highest BCUT2D eigenvalue weighted by molar-refractivity contribution is 5.93. The number of benzene rings is 2. The van der Waals surface area contributed by atoms with Gasteiger partial charge >= 0.3 is 11.9 Å². The molecule has 1 atom stereocenters. The van der Waals surface area contributed by atoms with Gasteiger partial charge in [0.05, 0.1) is 21.3 Å². The molecule has 0 amide bonds. The standard InChI is InChI=1S/C21H22O7/c1-26-13-10-11-15(18(12-13)28-3)14(6-5-9-19(22)23)16-7-4-8-17(27-2)20(16)21(24)25/h4-5,7-12,14H,6H2,1-3H3,(H,22,23)(H,24,25)/b9-5+. The normalized spacial score (nSPS) is 11.8. The van der Waals surface area contributed by atoms with Gasteiger partial charge in [0.15, 0.2) is 0 Å². The van der Waals surface area contributed by atoms with E-state index >= 15 is 0 Å². The van der Waals surface area contributed by atoms with Crippen LogP contribution in [0.25, 0.3) is 0 Å². The fourth-order valence-electron chi connectivity index (χ4n) is 3.07. The monoisotopic (exact) mass is 386 g/mol. The quantitative estimate of drug-likeness (QED) is 0.635. The van der Waals surface area contributed by atoms with Crippen LogP contribution in [-0.2, 0) is 4.79 Å². The second-order valence-electron chi connectivity index (χ2n) is 5.87. The van der Waals surface area contributed by atoms with Crippen molar-refractivity contribution in [1.82, 2.24) is 0 Å². The number of aromatic carboxylic acids is 1. The largest absolute Gasteiger partial charge is 0.497 e. The topological polar surface area (TPSA) is 102 Å². The molecule has 148 valence electrons. The van der Waals surface area contributed by atoms with Crippen molar-refractivity contribution in [3.8, 4) is 17.2 Å². The summed E-state index contributed by atoms with van der Waals surface area (Å²) in [4.78, 5) is 22.8. The number of ether oxygens (including phenoxy) is 3. The number of methoxy groups -OCH3 is 3. The first kappa shape index (κ1) is 20.8. The Hall–Kier alpha value is -3.48. The Bertz CT molecular complexity index is 886. The Balaban J connectivity index is 2.68. The maximum Gasteiger partial charge on any atom is 0.339 e. The molecule has 2 aromatic carbocycles. The SMILES string of the molecule is COc1ccc(C(C/C=C/C(=O)O)c2cccc(OC)c2C(=O)O)c(OC)c1. The third-order valence-corrected chi connectivity index (χ3v) is 4.32. The number of hydrogen-bond acceptors (Lipinski definition) is 5. The zero-order chi connectivity index (χ0) is 20.7. The van der Waals surface area contributed by atoms with Crippen LogP contribution in [0.1, 0.15) is 33.8 Å². The van der Waals surface area contributed by atoms with Crippen molar-refractivity contribution in [3.05, 3.63) is 65.2 Å². The first-order valence-corrected chi connectivity index (χ1v) is 8.44. The van der Waals surface area contributed by atoms with Gasteiger partial charge in [-0.1, -0.05) is 24.3 Å². The van der Waals surface area contributed by atoms with Crippen molar-refractivity contribution in [2.75, 3.05) is 21.3 Å². The average Bonchev–Trinajstić information content (AvgIpc) is 2.69. The number of allylic oxidation sites excluding steroid dienone is 1. The Labute approximate surface area is 162 Å². The van der Waals surface area contributed by atoms with Gasteiger partial charge in [-0.3, -0.25) is 0 Å². The van der Waals surface area contributed by atoms with Gasteiger partial charge < -0.3 is 24.4 Å². The zero-order valence-corrected chi connectivity index (χ0v) is 15.8. The number of carboxylic acid groups (broad SMARTS) is 2. The molecule has 0 heterocycles. The molecule has 0 spiro atoms. The van der Waals surface area contributed by atoms with Gasteiger partial charge in [-0.2, -0.15) is 0 Å².